The zero-order chi connectivity index (χ0) is 24.9. The molecule has 0 aliphatic heterocycles. The summed E-state index contributed by atoms with van der Waals surface area (Å²) in [5.41, 5.74) is 6.21. The van der Waals surface area contributed by atoms with E-state index in [4.69, 9.17) is 4.98 Å². The van der Waals surface area contributed by atoms with Crippen LogP contribution in [0.1, 0.15) is 39.4 Å². The quantitative estimate of drug-likeness (QED) is 0.269. The third kappa shape index (κ3) is 5.18. The van der Waals surface area contributed by atoms with Crippen molar-refractivity contribution in [2.24, 2.45) is 0 Å². The number of carbonyl (C=O) groups is 1. The second-order valence-electron chi connectivity index (χ2n) is 9.00. The largest absolute Gasteiger partial charge is 0.352 e. The molecule has 0 saturated heterocycles. The van der Waals surface area contributed by atoms with Gasteiger partial charge in [0.15, 0.2) is 0 Å². The van der Waals surface area contributed by atoms with Crippen LogP contribution in [0.15, 0.2) is 109 Å². The lowest BCUT2D eigenvalue weighted by Crippen LogP contribution is -2.26. The van der Waals surface area contributed by atoms with Crippen LogP contribution < -0.4 is 5.32 Å². The average Bonchev–Trinajstić information content (AvgIpc) is 2.92. The Bertz CT molecular complexity index is 1440. The molecule has 0 bridgehead atoms. The SMILES string of the molecule is Cc1ccc2nc(-c3ccc(F)cc3)cc(C(=O)NCCC(c3ccccc3)c3ccccc3)c2c1. The van der Waals surface area contributed by atoms with Crippen LogP contribution in [0.5, 0.6) is 0 Å². The van der Waals surface area contributed by atoms with Crippen molar-refractivity contribution in [2.45, 2.75) is 19.3 Å². The summed E-state index contributed by atoms with van der Waals surface area (Å²) in [6.07, 6.45) is 0.770. The molecule has 1 heterocycles. The molecule has 0 saturated carbocycles. The van der Waals surface area contributed by atoms with Crippen LogP contribution in [0.25, 0.3) is 22.2 Å². The van der Waals surface area contributed by atoms with Crippen molar-refractivity contribution >= 4 is 16.8 Å². The number of nitrogens with zero attached hydrogens (tertiary/aromatic N) is 1. The van der Waals surface area contributed by atoms with Crippen LogP contribution in [0.2, 0.25) is 0 Å². The Labute approximate surface area is 210 Å². The second kappa shape index (κ2) is 10.5. The molecule has 5 aromatic rings. The molecule has 1 amide bonds. The molecule has 0 aliphatic rings. The number of hydrogen-bond donors (Lipinski definition) is 1. The lowest BCUT2D eigenvalue weighted by atomic mass is 9.88. The average molecular weight is 475 g/mol. The molecule has 0 unspecified atom stereocenters. The molecule has 178 valence electrons. The van der Waals surface area contributed by atoms with Gasteiger partial charge in [-0.3, -0.25) is 4.79 Å². The number of aryl methyl sites for hydroxylation is 1. The predicted octanol–water partition coefficient (Wildman–Crippen LogP) is 7.30. The van der Waals surface area contributed by atoms with Gasteiger partial charge >= 0.3 is 0 Å². The van der Waals surface area contributed by atoms with Gasteiger partial charge in [-0.2, -0.15) is 0 Å². The molecule has 0 spiro atoms. The fourth-order valence-corrected chi connectivity index (χ4v) is 4.62. The summed E-state index contributed by atoms with van der Waals surface area (Å²) in [7, 11) is 0. The van der Waals surface area contributed by atoms with E-state index in [2.05, 4.69) is 29.6 Å². The first-order valence-electron chi connectivity index (χ1n) is 12.1. The minimum absolute atomic E-state index is 0.142. The highest BCUT2D eigenvalue weighted by Crippen LogP contribution is 2.28. The molecule has 0 fully saturated rings. The first-order valence-corrected chi connectivity index (χ1v) is 12.1. The summed E-state index contributed by atoms with van der Waals surface area (Å²) in [5.74, 6) is -0.269. The van der Waals surface area contributed by atoms with E-state index >= 15 is 0 Å². The number of aromatic nitrogens is 1. The van der Waals surface area contributed by atoms with Gasteiger partial charge in [-0.25, -0.2) is 9.37 Å². The van der Waals surface area contributed by atoms with Gasteiger partial charge in [0.1, 0.15) is 5.82 Å². The maximum Gasteiger partial charge on any atom is 0.252 e. The van der Waals surface area contributed by atoms with Crippen molar-refractivity contribution in [3.8, 4) is 11.3 Å². The molecule has 0 atom stereocenters. The van der Waals surface area contributed by atoms with Crippen molar-refractivity contribution < 1.29 is 9.18 Å². The number of halogens is 1. The zero-order valence-corrected chi connectivity index (χ0v) is 20.1. The lowest BCUT2D eigenvalue weighted by Gasteiger charge is -2.19. The van der Waals surface area contributed by atoms with Crippen LogP contribution in [0.4, 0.5) is 4.39 Å². The smallest absolute Gasteiger partial charge is 0.252 e. The predicted molar refractivity (Wildman–Crippen MR) is 144 cm³/mol. The summed E-state index contributed by atoms with van der Waals surface area (Å²) < 4.78 is 13.5. The van der Waals surface area contributed by atoms with Gasteiger partial charge in [0.25, 0.3) is 5.91 Å². The minimum Gasteiger partial charge on any atom is -0.352 e. The van der Waals surface area contributed by atoms with Gasteiger partial charge in [-0.1, -0.05) is 72.3 Å². The van der Waals surface area contributed by atoms with E-state index in [0.29, 0.717) is 17.8 Å². The van der Waals surface area contributed by atoms with E-state index in [1.165, 1.54) is 23.3 Å². The molecule has 4 heteroatoms. The monoisotopic (exact) mass is 474 g/mol. The Balaban J connectivity index is 1.42. The molecule has 36 heavy (non-hydrogen) atoms. The van der Waals surface area contributed by atoms with Crippen molar-refractivity contribution in [3.05, 3.63) is 137 Å². The molecule has 5 rings (SSSR count). The molecule has 1 N–H and O–H groups in total. The van der Waals surface area contributed by atoms with E-state index in [1.54, 1.807) is 18.2 Å². The molecular formula is C32H27FN2O. The van der Waals surface area contributed by atoms with Gasteiger partial charge in [0, 0.05) is 23.4 Å². The maximum absolute atomic E-state index is 13.5. The normalized spacial score (nSPS) is 11.1. The fraction of sp³-hybridized carbons (Fsp3) is 0.125. The van der Waals surface area contributed by atoms with E-state index in [-0.39, 0.29) is 17.6 Å². The maximum atomic E-state index is 13.5. The Morgan fingerprint density at radius 2 is 1.47 bits per heavy atom. The molecule has 0 radical (unpaired) electrons. The number of pyridine rings is 1. The summed E-state index contributed by atoms with van der Waals surface area (Å²) in [6.45, 7) is 2.52. The number of rotatable bonds is 7. The van der Waals surface area contributed by atoms with Gasteiger partial charge < -0.3 is 5.32 Å². The van der Waals surface area contributed by atoms with Crippen LogP contribution in [-0.4, -0.2) is 17.4 Å². The topological polar surface area (TPSA) is 42.0 Å². The highest BCUT2D eigenvalue weighted by Gasteiger charge is 2.17. The second-order valence-corrected chi connectivity index (χ2v) is 9.00. The summed E-state index contributed by atoms with van der Waals surface area (Å²) >= 11 is 0. The molecule has 3 nitrogen and oxygen atoms in total. The van der Waals surface area contributed by atoms with Crippen molar-refractivity contribution in [1.29, 1.82) is 0 Å². The van der Waals surface area contributed by atoms with E-state index in [1.807, 2.05) is 61.5 Å². The van der Waals surface area contributed by atoms with E-state index < -0.39 is 0 Å². The highest BCUT2D eigenvalue weighted by atomic mass is 19.1. The van der Waals surface area contributed by atoms with Gasteiger partial charge in [0.05, 0.1) is 16.8 Å². The number of benzene rings is 4. The Hall–Kier alpha value is -4.31. The van der Waals surface area contributed by atoms with Crippen LogP contribution in [-0.2, 0) is 0 Å². The molecule has 4 aromatic carbocycles. The van der Waals surface area contributed by atoms with Crippen molar-refractivity contribution in [2.75, 3.05) is 6.54 Å². The third-order valence-corrected chi connectivity index (χ3v) is 6.47. The van der Waals surface area contributed by atoms with Crippen LogP contribution in [0, 0.1) is 12.7 Å². The van der Waals surface area contributed by atoms with Gasteiger partial charge in [-0.15, -0.1) is 0 Å². The number of carbonyl (C=O) groups excluding carboxylic acids is 1. The molecule has 1 aromatic heterocycles. The van der Waals surface area contributed by atoms with Gasteiger partial charge in [-0.05, 0) is 66.9 Å². The van der Waals surface area contributed by atoms with Crippen molar-refractivity contribution in [1.82, 2.24) is 10.3 Å². The highest BCUT2D eigenvalue weighted by molar-refractivity contribution is 6.07. The number of hydrogen-bond acceptors (Lipinski definition) is 2. The Morgan fingerprint density at radius 3 is 2.11 bits per heavy atom. The summed E-state index contributed by atoms with van der Waals surface area (Å²) in [4.78, 5) is 18.2. The first-order chi connectivity index (χ1) is 17.6. The third-order valence-electron chi connectivity index (χ3n) is 6.47. The summed E-state index contributed by atoms with van der Waals surface area (Å²) in [5, 5.41) is 3.95. The number of nitrogens with one attached hydrogen (secondary N) is 1. The van der Waals surface area contributed by atoms with Crippen LogP contribution >= 0.6 is 0 Å². The molecular weight excluding hydrogens is 447 g/mol. The van der Waals surface area contributed by atoms with E-state index in [0.717, 1.165) is 28.5 Å². The number of amides is 1. The Morgan fingerprint density at radius 1 is 0.833 bits per heavy atom. The van der Waals surface area contributed by atoms with Gasteiger partial charge in [0.2, 0.25) is 0 Å². The summed E-state index contributed by atoms with van der Waals surface area (Å²) in [6, 6.07) is 34.6. The molecule has 0 aliphatic carbocycles. The van der Waals surface area contributed by atoms with E-state index in [9.17, 15) is 9.18 Å². The fourth-order valence-electron chi connectivity index (χ4n) is 4.62. The Kier molecular flexibility index (Phi) is 6.85. The number of fused-ring (bicyclic) bond motifs is 1. The lowest BCUT2D eigenvalue weighted by molar-refractivity contribution is 0.0954. The van der Waals surface area contributed by atoms with Crippen molar-refractivity contribution in [3.63, 3.8) is 0 Å². The first kappa shape index (κ1) is 23.4. The zero-order valence-electron chi connectivity index (χ0n) is 20.1. The minimum atomic E-state index is -0.306. The van der Waals surface area contributed by atoms with Crippen LogP contribution in [0.3, 0.4) is 0 Å². The standard InChI is InChI=1S/C32H27FN2O/c1-22-12-17-30-28(20-22)29(21-31(35-30)25-13-15-26(33)16-14-25)32(36)34-19-18-27(23-8-4-2-5-9-23)24-10-6-3-7-11-24/h2-17,20-21,27H,18-19H2,1H3,(H,34,36).